The van der Waals surface area contributed by atoms with Crippen LogP contribution in [0.4, 0.5) is 8.78 Å². The van der Waals surface area contributed by atoms with Crippen LogP contribution in [0.25, 0.3) is 0 Å². The maximum atomic E-state index is 13.5. The summed E-state index contributed by atoms with van der Waals surface area (Å²) in [5.74, 6) is -3.61. The van der Waals surface area contributed by atoms with E-state index < -0.39 is 35.4 Å². The van der Waals surface area contributed by atoms with Gasteiger partial charge in [0.25, 0.3) is 5.91 Å². The van der Waals surface area contributed by atoms with Crippen molar-refractivity contribution >= 4 is 17.7 Å². The van der Waals surface area contributed by atoms with E-state index in [9.17, 15) is 23.2 Å². The maximum Gasteiger partial charge on any atom is 0.254 e. The van der Waals surface area contributed by atoms with Gasteiger partial charge in [0, 0.05) is 12.5 Å². The zero-order valence-electron chi connectivity index (χ0n) is 10.6. The van der Waals surface area contributed by atoms with Crippen LogP contribution in [-0.2, 0) is 9.59 Å². The molecule has 7 heteroatoms. The van der Waals surface area contributed by atoms with Crippen molar-refractivity contribution in [3.8, 4) is 0 Å². The lowest BCUT2D eigenvalue weighted by atomic mass is 10.0. The molecule has 1 aliphatic heterocycles. The highest BCUT2D eigenvalue weighted by Gasteiger charge is 2.28. The fourth-order valence-corrected chi connectivity index (χ4v) is 1.90. The molecule has 0 spiro atoms. The van der Waals surface area contributed by atoms with Crippen molar-refractivity contribution in [1.29, 1.82) is 0 Å². The van der Waals surface area contributed by atoms with Gasteiger partial charge >= 0.3 is 0 Å². The molecular weight excluding hydrogens is 270 g/mol. The van der Waals surface area contributed by atoms with Crippen molar-refractivity contribution in [1.82, 2.24) is 10.6 Å². The van der Waals surface area contributed by atoms with Crippen molar-refractivity contribution in [2.24, 2.45) is 0 Å². The second-order valence-corrected chi connectivity index (χ2v) is 4.56. The summed E-state index contributed by atoms with van der Waals surface area (Å²) in [6.07, 6.45) is 0.250. The Morgan fingerprint density at radius 3 is 2.65 bits per heavy atom. The number of carbonyl (C=O) groups is 3. The van der Waals surface area contributed by atoms with Gasteiger partial charge in [-0.2, -0.15) is 0 Å². The summed E-state index contributed by atoms with van der Waals surface area (Å²) in [5.41, 5.74) is -0.214. The highest BCUT2D eigenvalue weighted by atomic mass is 19.1. The monoisotopic (exact) mass is 282 g/mol. The third kappa shape index (κ3) is 2.81. The summed E-state index contributed by atoms with van der Waals surface area (Å²) >= 11 is 0. The molecule has 106 valence electrons. The number of hydrogen-bond donors (Lipinski definition) is 2. The van der Waals surface area contributed by atoms with Crippen LogP contribution < -0.4 is 10.6 Å². The summed E-state index contributed by atoms with van der Waals surface area (Å²) < 4.78 is 26.7. The number of aryl methyl sites for hydroxylation is 1. The number of imide groups is 1. The van der Waals surface area contributed by atoms with Crippen molar-refractivity contribution in [3.05, 3.63) is 34.9 Å². The van der Waals surface area contributed by atoms with Gasteiger partial charge in [-0.3, -0.25) is 19.7 Å². The van der Waals surface area contributed by atoms with Crippen molar-refractivity contribution < 1.29 is 23.2 Å². The van der Waals surface area contributed by atoms with E-state index in [4.69, 9.17) is 0 Å². The first-order valence-corrected chi connectivity index (χ1v) is 5.98. The van der Waals surface area contributed by atoms with Crippen LogP contribution in [0.15, 0.2) is 12.1 Å². The lowest BCUT2D eigenvalue weighted by Crippen LogP contribution is -2.52. The third-order valence-corrected chi connectivity index (χ3v) is 3.04. The average molecular weight is 282 g/mol. The molecule has 2 rings (SSSR count). The summed E-state index contributed by atoms with van der Waals surface area (Å²) in [6.45, 7) is 1.40. The molecule has 5 nitrogen and oxygen atoms in total. The molecular formula is C13H12F2N2O3. The molecule has 0 radical (unpaired) electrons. The van der Waals surface area contributed by atoms with Gasteiger partial charge in [0.1, 0.15) is 17.7 Å². The molecule has 1 heterocycles. The first-order chi connectivity index (χ1) is 9.38. The molecule has 3 amide bonds. The van der Waals surface area contributed by atoms with E-state index in [0.29, 0.717) is 6.07 Å². The number of benzene rings is 1. The largest absolute Gasteiger partial charge is 0.340 e. The number of amides is 3. The first-order valence-electron chi connectivity index (χ1n) is 5.98. The molecule has 0 bridgehead atoms. The Morgan fingerprint density at radius 2 is 2.00 bits per heavy atom. The third-order valence-electron chi connectivity index (χ3n) is 3.04. The van der Waals surface area contributed by atoms with E-state index >= 15 is 0 Å². The first kappa shape index (κ1) is 14.1. The normalized spacial score (nSPS) is 18.6. The van der Waals surface area contributed by atoms with Gasteiger partial charge in [0.2, 0.25) is 11.8 Å². The SMILES string of the molecule is Cc1cc(C(=O)NC2CCC(=O)NC2=O)c(F)cc1F. The highest BCUT2D eigenvalue weighted by molar-refractivity contribution is 6.03. The molecule has 20 heavy (non-hydrogen) atoms. The standard InChI is InChI=1S/C13H12F2N2O3/c1-6-4-7(9(15)5-8(6)14)12(19)16-10-2-3-11(18)17-13(10)20/h4-5,10H,2-3H2,1H3,(H,16,19)(H,17,18,20). The molecule has 0 aromatic heterocycles. The molecule has 0 saturated carbocycles. The molecule has 1 aliphatic rings. The molecule has 1 atom stereocenters. The van der Waals surface area contributed by atoms with Gasteiger partial charge in [-0.05, 0) is 25.0 Å². The number of halogens is 2. The fraction of sp³-hybridized carbons (Fsp3) is 0.308. The minimum Gasteiger partial charge on any atom is -0.340 e. The van der Waals surface area contributed by atoms with E-state index in [2.05, 4.69) is 10.6 Å². The minimum atomic E-state index is -1.00. The molecule has 1 saturated heterocycles. The van der Waals surface area contributed by atoms with E-state index in [1.807, 2.05) is 0 Å². The number of hydrogen-bond acceptors (Lipinski definition) is 3. The molecule has 1 aromatic rings. The van der Waals surface area contributed by atoms with Crippen LogP contribution in [0, 0.1) is 18.6 Å². The van der Waals surface area contributed by atoms with E-state index in [1.165, 1.54) is 6.92 Å². The molecule has 2 N–H and O–H groups in total. The number of rotatable bonds is 2. The van der Waals surface area contributed by atoms with Gasteiger partial charge in [0.05, 0.1) is 5.56 Å². The number of nitrogens with one attached hydrogen (secondary N) is 2. The van der Waals surface area contributed by atoms with E-state index in [-0.39, 0.29) is 24.0 Å². The van der Waals surface area contributed by atoms with Crippen LogP contribution in [0.2, 0.25) is 0 Å². The predicted molar refractivity (Wildman–Crippen MR) is 64.7 cm³/mol. The van der Waals surface area contributed by atoms with Crippen LogP contribution in [0.5, 0.6) is 0 Å². The zero-order chi connectivity index (χ0) is 14.9. The van der Waals surface area contributed by atoms with Crippen molar-refractivity contribution in [2.45, 2.75) is 25.8 Å². The van der Waals surface area contributed by atoms with Crippen molar-refractivity contribution in [3.63, 3.8) is 0 Å². The van der Waals surface area contributed by atoms with Gasteiger partial charge in [-0.1, -0.05) is 0 Å². The molecule has 0 aliphatic carbocycles. The lowest BCUT2D eigenvalue weighted by molar-refractivity contribution is -0.134. The van der Waals surface area contributed by atoms with Gasteiger partial charge in [0.15, 0.2) is 0 Å². The van der Waals surface area contributed by atoms with Crippen molar-refractivity contribution in [2.75, 3.05) is 0 Å². The van der Waals surface area contributed by atoms with Gasteiger partial charge in [-0.25, -0.2) is 8.78 Å². The van der Waals surface area contributed by atoms with Gasteiger partial charge < -0.3 is 5.32 Å². The second kappa shape index (κ2) is 5.36. The van der Waals surface area contributed by atoms with Crippen LogP contribution in [0.1, 0.15) is 28.8 Å². The average Bonchev–Trinajstić information content (AvgIpc) is 2.37. The van der Waals surface area contributed by atoms with E-state index in [1.54, 1.807) is 0 Å². The number of piperidine rings is 1. The Hall–Kier alpha value is -2.31. The minimum absolute atomic E-state index is 0.0988. The highest BCUT2D eigenvalue weighted by Crippen LogP contribution is 2.15. The Bertz CT molecular complexity index is 602. The maximum absolute atomic E-state index is 13.5. The molecule has 1 aromatic carbocycles. The van der Waals surface area contributed by atoms with E-state index in [0.717, 1.165) is 6.07 Å². The van der Waals surface area contributed by atoms with Gasteiger partial charge in [-0.15, -0.1) is 0 Å². The molecule has 1 unspecified atom stereocenters. The quantitative estimate of drug-likeness (QED) is 0.788. The topological polar surface area (TPSA) is 75.3 Å². The summed E-state index contributed by atoms with van der Waals surface area (Å²) in [5, 5.41) is 4.40. The summed E-state index contributed by atoms with van der Waals surface area (Å²) in [7, 11) is 0. The van der Waals surface area contributed by atoms with Crippen LogP contribution in [0.3, 0.4) is 0 Å². The Kier molecular flexibility index (Phi) is 3.78. The Labute approximate surface area is 113 Å². The Balaban J connectivity index is 2.14. The lowest BCUT2D eigenvalue weighted by Gasteiger charge is -2.21. The van der Waals surface area contributed by atoms with Crippen LogP contribution >= 0.6 is 0 Å². The predicted octanol–water partition coefficient (Wildman–Crippen LogP) is 0.808. The molecule has 1 fully saturated rings. The fourth-order valence-electron chi connectivity index (χ4n) is 1.90. The van der Waals surface area contributed by atoms with Crippen LogP contribution in [-0.4, -0.2) is 23.8 Å². The number of carbonyl (C=O) groups excluding carboxylic acids is 3. The smallest absolute Gasteiger partial charge is 0.254 e. The summed E-state index contributed by atoms with van der Waals surface area (Å²) in [4.78, 5) is 34.3. The zero-order valence-corrected chi connectivity index (χ0v) is 10.6. The Morgan fingerprint density at radius 1 is 1.30 bits per heavy atom. The second-order valence-electron chi connectivity index (χ2n) is 4.56. The summed E-state index contributed by atoms with van der Waals surface area (Å²) in [6, 6.07) is 0.797.